The van der Waals surface area contributed by atoms with Crippen molar-refractivity contribution in [2.75, 3.05) is 48.8 Å². The maximum atomic E-state index is 12.7. The van der Waals surface area contributed by atoms with Gasteiger partial charge in [-0.25, -0.2) is 4.79 Å². The predicted molar refractivity (Wildman–Crippen MR) is 107 cm³/mol. The number of hydrogen-bond acceptors (Lipinski definition) is 4. The molecule has 138 valence electrons. The van der Waals surface area contributed by atoms with Gasteiger partial charge in [0.1, 0.15) is 0 Å². The van der Waals surface area contributed by atoms with Gasteiger partial charge in [0, 0.05) is 71.7 Å². The monoisotopic (exact) mass is 381 g/mol. The van der Waals surface area contributed by atoms with Crippen LogP contribution in [0.2, 0.25) is 0 Å². The SMILES string of the molecule is C[C@H]1CCN(C(=O)Nc2ccccc2CN2CCSCC2)CC[S@@]1=O. The van der Waals surface area contributed by atoms with Crippen LogP contribution >= 0.6 is 11.8 Å². The van der Waals surface area contributed by atoms with Crippen molar-refractivity contribution in [1.29, 1.82) is 0 Å². The van der Waals surface area contributed by atoms with Gasteiger partial charge in [0.15, 0.2) is 0 Å². The number of nitrogens with zero attached hydrogens (tertiary/aromatic N) is 2. The average molecular weight is 382 g/mol. The molecule has 0 bridgehead atoms. The van der Waals surface area contributed by atoms with Crippen LogP contribution < -0.4 is 5.32 Å². The first kappa shape index (κ1) is 18.7. The fraction of sp³-hybridized carbons (Fsp3) is 0.611. The molecule has 0 saturated carbocycles. The van der Waals surface area contributed by atoms with Crippen LogP contribution in [0, 0.1) is 0 Å². The second-order valence-electron chi connectivity index (χ2n) is 6.65. The third-order valence-electron chi connectivity index (χ3n) is 4.86. The molecule has 0 unspecified atom stereocenters. The van der Waals surface area contributed by atoms with Gasteiger partial charge in [-0.2, -0.15) is 11.8 Å². The topological polar surface area (TPSA) is 52.7 Å². The predicted octanol–water partition coefficient (Wildman–Crippen LogP) is 2.61. The third kappa shape index (κ3) is 5.21. The summed E-state index contributed by atoms with van der Waals surface area (Å²) in [6.45, 7) is 6.31. The van der Waals surface area contributed by atoms with E-state index in [1.54, 1.807) is 4.90 Å². The van der Waals surface area contributed by atoms with Crippen LogP contribution in [0.1, 0.15) is 18.9 Å². The second kappa shape index (κ2) is 9.05. The molecule has 2 aliphatic rings. The first-order valence-corrected chi connectivity index (χ1v) is 11.5. The summed E-state index contributed by atoms with van der Waals surface area (Å²) in [4.78, 5) is 16.9. The van der Waals surface area contributed by atoms with Crippen molar-refractivity contribution < 1.29 is 9.00 Å². The summed E-state index contributed by atoms with van der Waals surface area (Å²) in [6.07, 6.45) is 0.799. The van der Waals surface area contributed by atoms with E-state index >= 15 is 0 Å². The maximum absolute atomic E-state index is 12.7. The summed E-state index contributed by atoms with van der Waals surface area (Å²) in [5, 5.41) is 3.25. The number of urea groups is 1. The molecule has 0 aliphatic carbocycles. The number of hydrogen-bond donors (Lipinski definition) is 1. The first-order valence-electron chi connectivity index (χ1n) is 8.94. The summed E-state index contributed by atoms with van der Waals surface area (Å²) in [6, 6.07) is 7.99. The number of benzene rings is 1. The Bertz CT molecular complexity index is 620. The molecule has 0 spiro atoms. The lowest BCUT2D eigenvalue weighted by molar-refractivity contribution is 0.215. The lowest BCUT2D eigenvalue weighted by atomic mass is 10.1. The van der Waals surface area contributed by atoms with Gasteiger partial charge in [0.2, 0.25) is 0 Å². The van der Waals surface area contributed by atoms with E-state index < -0.39 is 10.8 Å². The molecule has 2 amide bonds. The smallest absolute Gasteiger partial charge is 0.321 e. The molecule has 2 fully saturated rings. The van der Waals surface area contributed by atoms with Crippen molar-refractivity contribution >= 4 is 34.3 Å². The molecule has 1 aromatic carbocycles. The van der Waals surface area contributed by atoms with Crippen molar-refractivity contribution in [3.8, 4) is 0 Å². The zero-order valence-electron chi connectivity index (χ0n) is 14.8. The summed E-state index contributed by atoms with van der Waals surface area (Å²) in [7, 11) is -0.826. The van der Waals surface area contributed by atoms with Gasteiger partial charge in [0.05, 0.1) is 0 Å². The largest absolute Gasteiger partial charge is 0.324 e. The molecule has 2 atom stereocenters. The molecule has 25 heavy (non-hydrogen) atoms. The van der Waals surface area contributed by atoms with Crippen molar-refractivity contribution in [2.24, 2.45) is 0 Å². The molecule has 7 heteroatoms. The van der Waals surface area contributed by atoms with Crippen LogP contribution in [0.4, 0.5) is 10.5 Å². The molecular weight excluding hydrogens is 354 g/mol. The highest BCUT2D eigenvalue weighted by Crippen LogP contribution is 2.20. The molecule has 5 nitrogen and oxygen atoms in total. The quantitative estimate of drug-likeness (QED) is 0.874. The first-order chi connectivity index (χ1) is 12.1. The molecule has 2 heterocycles. The number of thioether (sulfide) groups is 1. The molecule has 2 saturated heterocycles. The maximum Gasteiger partial charge on any atom is 0.321 e. The van der Waals surface area contributed by atoms with E-state index in [9.17, 15) is 9.00 Å². The van der Waals surface area contributed by atoms with Crippen molar-refractivity contribution in [3.63, 3.8) is 0 Å². The van der Waals surface area contributed by atoms with E-state index in [1.165, 1.54) is 11.5 Å². The van der Waals surface area contributed by atoms with E-state index in [-0.39, 0.29) is 11.3 Å². The van der Waals surface area contributed by atoms with E-state index in [1.807, 2.05) is 36.9 Å². The highest BCUT2D eigenvalue weighted by molar-refractivity contribution is 7.99. The van der Waals surface area contributed by atoms with E-state index in [0.29, 0.717) is 18.8 Å². The molecular formula is C18H27N3O2S2. The van der Waals surface area contributed by atoms with Crippen LogP contribution in [0.5, 0.6) is 0 Å². The Balaban J connectivity index is 1.63. The summed E-state index contributed by atoms with van der Waals surface area (Å²) in [5.41, 5.74) is 2.05. The van der Waals surface area contributed by atoms with E-state index in [4.69, 9.17) is 0 Å². The normalized spacial score (nSPS) is 25.4. The van der Waals surface area contributed by atoms with Crippen LogP contribution in [0.3, 0.4) is 0 Å². The molecule has 2 aliphatic heterocycles. The number of anilines is 1. The Morgan fingerprint density at radius 1 is 1.24 bits per heavy atom. The highest BCUT2D eigenvalue weighted by atomic mass is 32.2. The number of carbonyl (C=O) groups excluding carboxylic acids is 1. The summed E-state index contributed by atoms with van der Waals surface area (Å²) >= 11 is 2.00. The number of para-hydroxylation sites is 1. The molecule has 3 rings (SSSR count). The van der Waals surface area contributed by atoms with E-state index in [2.05, 4.69) is 16.3 Å². The number of rotatable bonds is 3. The van der Waals surface area contributed by atoms with Gasteiger partial charge >= 0.3 is 6.03 Å². The Kier molecular flexibility index (Phi) is 6.78. The Hall–Kier alpha value is -1.05. The number of nitrogens with one attached hydrogen (secondary N) is 1. The van der Waals surface area contributed by atoms with Crippen LogP contribution in [0.25, 0.3) is 0 Å². The van der Waals surface area contributed by atoms with E-state index in [0.717, 1.165) is 37.3 Å². The van der Waals surface area contributed by atoms with Crippen LogP contribution in [-0.4, -0.2) is 68.7 Å². The zero-order valence-corrected chi connectivity index (χ0v) is 16.4. The third-order valence-corrected chi connectivity index (χ3v) is 7.52. The molecule has 1 N–H and O–H groups in total. The zero-order chi connectivity index (χ0) is 17.6. The number of carbonyl (C=O) groups is 1. The summed E-state index contributed by atoms with van der Waals surface area (Å²) < 4.78 is 12.0. The molecule has 0 radical (unpaired) electrons. The average Bonchev–Trinajstić information content (AvgIpc) is 2.79. The highest BCUT2D eigenvalue weighted by Gasteiger charge is 2.23. The minimum Gasteiger partial charge on any atom is -0.324 e. The van der Waals surface area contributed by atoms with Gasteiger partial charge in [0.25, 0.3) is 0 Å². The van der Waals surface area contributed by atoms with Crippen molar-refractivity contribution in [2.45, 2.75) is 25.1 Å². The molecule has 0 aromatic heterocycles. The number of amides is 2. The molecule has 1 aromatic rings. The minimum atomic E-state index is -0.826. The van der Waals surface area contributed by atoms with Crippen molar-refractivity contribution in [1.82, 2.24) is 9.80 Å². The van der Waals surface area contributed by atoms with Gasteiger partial charge in [-0.05, 0) is 18.1 Å². The van der Waals surface area contributed by atoms with Crippen molar-refractivity contribution in [3.05, 3.63) is 29.8 Å². The minimum absolute atomic E-state index is 0.0762. The Labute approximate surface area is 157 Å². The second-order valence-corrected chi connectivity index (χ2v) is 9.85. The fourth-order valence-corrected chi connectivity index (χ4v) is 5.31. The Morgan fingerprint density at radius 2 is 2.00 bits per heavy atom. The lowest BCUT2D eigenvalue weighted by Crippen LogP contribution is -2.37. The van der Waals surface area contributed by atoms with Gasteiger partial charge in [-0.15, -0.1) is 0 Å². The summed E-state index contributed by atoms with van der Waals surface area (Å²) in [5.74, 6) is 2.93. The van der Waals surface area contributed by atoms with Gasteiger partial charge < -0.3 is 10.2 Å². The van der Waals surface area contributed by atoms with Gasteiger partial charge in [-0.1, -0.05) is 25.1 Å². The fourth-order valence-electron chi connectivity index (χ4n) is 3.16. The van der Waals surface area contributed by atoms with Crippen LogP contribution in [0.15, 0.2) is 24.3 Å². The standard InChI is InChI=1S/C18H27N3O2S2/c1-15-6-7-21(10-13-25(15)23)18(22)19-17-5-3-2-4-16(17)14-20-8-11-24-12-9-20/h2-5,15H,6-14H2,1H3,(H,19,22)/t15-,25-/m0/s1. The van der Waals surface area contributed by atoms with Crippen LogP contribution in [-0.2, 0) is 17.3 Å². The van der Waals surface area contributed by atoms with Gasteiger partial charge in [-0.3, -0.25) is 9.11 Å². The Morgan fingerprint density at radius 3 is 2.80 bits per heavy atom. The lowest BCUT2D eigenvalue weighted by Gasteiger charge is -2.27.